The number of fused-ring (bicyclic) bond motifs is 10. The van der Waals surface area contributed by atoms with Gasteiger partial charge in [-0.15, -0.1) is 0 Å². The Kier molecular flexibility index (Phi) is 8.53. The van der Waals surface area contributed by atoms with Crippen molar-refractivity contribution in [2.45, 2.75) is 0 Å². The van der Waals surface area contributed by atoms with Crippen LogP contribution in [0.15, 0.2) is 237 Å². The van der Waals surface area contributed by atoms with Gasteiger partial charge in [-0.2, -0.15) is 0 Å². The summed E-state index contributed by atoms with van der Waals surface area (Å²) >= 11 is 0. The summed E-state index contributed by atoms with van der Waals surface area (Å²) in [5.74, 6) is 0. The molecule has 0 radical (unpaired) electrons. The highest BCUT2D eigenvalue weighted by Gasteiger charge is 2.16. The highest BCUT2D eigenvalue weighted by atomic mass is 15.0. The van der Waals surface area contributed by atoms with E-state index in [1.54, 1.807) is 0 Å². The minimum absolute atomic E-state index is 0.865. The van der Waals surface area contributed by atoms with E-state index in [-0.39, 0.29) is 0 Å². The van der Waals surface area contributed by atoms with E-state index in [9.17, 15) is 0 Å². The van der Waals surface area contributed by atoms with Crippen molar-refractivity contribution >= 4 is 65.2 Å². The predicted octanol–water partition coefficient (Wildman–Crippen LogP) is 16.5. The molecule has 65 heavy (non-hydrogen) atoms. The fourth-order valence-corrected chi connectivity index (χ4v) is 10.0. The summed E-state index contributed by atoms with van der Waals surface area (Å²) in [6, 6.07) is 83.3. The number of benzene rings is 11. The smallest absolute Gasteiger partial charge is 0.0979 e. The van der Waals surface area contributed by atoms with E-state index in [0.29, 0.717) is 0 Å². The van der Waals surface area contributed by atoms with Gasteiger partial charge in [-0.05, 0) is 109 Å². The molecule has 13 aromatic rings. The third-order valence-corrected chi connectivity index (χ3v) is 13.2. The van der Waals surface area contributed by atoms with Crippen LogP contribution in [0.4, 0.5) is 0 Å². The van der Waals surface area contributed by atoms with Crippen LogP contribution in [0.3, 0.4) is 0 Å². The average Bonchev–Trinajstić information content (AvgIpc) is 3.72. The molecule has 0 unspecified atom stereocenters. The maximum Gasteiger partial charge on any atom is 0.0979 e. The lowest BCUT2D eigenvalue weighted by molar-refractivity contribution is 1.18. The van der Waals surface area contributed by atoms with Gasteiger partial charge in [0.1, 0.15) is 0 Å². The Labute approximate surface area is 376 Å². The zero-order valence-electron chi connectivity index (χ0n) is 35.4. The molecule has 2 aromatic heterocycles. The minimum Gasteiger partial charge on any atom is -0.309 e. The van der Waals surface area contributed by atoms with Crippen molar-refractivity contribution in [2.75, 3.05) is 0 Å². The van der Waals surface area contributed by atoms with Crippen molar-refractivity contribution < 1.29 is 0 Å². The average molecular weight is 826 g/mol. The van der Waals surface area contributed by atoms with Crippen LogP contribution < -0.4 is 0 Å². The first-order valence-electron chi connectivity index (χ1n) is 22.2. The third kappa shape index (κ3) is 6.20. The Hall–Kier alpha value is -8.66. The van der Waals surface area contributed by atoms with Gasteiger partial charge in [0.25, 0.3) is 0 Å². The molecule has 11 aromatic carbocycles. The Bertz CT molecular complexity index is 3950. The molecule has 3 heteroatoms. The van der Waals surface area contributed by atoms with Crippen molar-refractivity contribution in [3.05, 3.63) is 237 Å². The third-order valence-electron chi connectivity index (χ3n) is 13.2. The van der Waals surface area contributed by atoms with E-state index < -0.39 is 0 Å². The summed E-state index contributed by atoms with van der Waals surface area (Å²) in [5.41, 5.74) is 16.8. The maximum atomic E-state index is 5.22. The normalized spacial score (nSPS) is 11.7. The molecule has 2 heterocycles. The largest absolute Gasteiger partial charge is 0.309 e. The monoisotopic (exact) mass is 825 g/mol. The standard InChI is InChI=1S/C62H39N3/c1-2-18-50-41(12-1)13-11-24-51(50)42-30-33-49(34-31-42)65-59-25-8-7-21-54(59)57-38-48(32-35-60(57)65)47-17-10-16-46(37-47)45-15-9-14-44(36-45)40-26-28-43(29-27-40)58-39-63-61-55-22-5-3-19-52(55)53-20-4-6-23-56(53)62(61)64-58/h1-39H. The zero-order chi connectivity index (χ0) is 42.8. The first-order valence-corrected chi connectivity index (χ1v) is 22.2. The summed E-state index contributed by atoms with van der Waals surface area (Å²) in [5, 5.41) is 9.65. The molecule has 0 N–H and O–H groups in total. The van der Waals surface area contributed by atoms with Crippen LogP contribution in [-0.4, -0.2) is 14.5 Å². The molecule has 0 atom stereocenters. The van der Waals surface area contributed by atoms with Gasteiger partial charge in [0, 0.05) is 32.8 Å². The fourth-order valence-electron chi connectivity index (χ4n) is 10.0. The molecule has 0 saturated carbocycles. The van der Waals surface area contributed by atoms with Gasteiger partial charge in [-0.3, -0.25) is 4.98 Å². The van der Waals surface area contributed by atoms with Gasteiger partial charge < -0.3 is 4.57 Å². The van der Waals surface area contributed by atoms with Crippen LogP contribution in [-0.2, 0) is 0 Å². The van der Waals surface area contributed by atoms with Gasteiger partial charge in [0.05, 0.1) is 34.0 Å². The van der Waals surface area contributed by atoms with Crippen molar-refractivity contribution in [3.8, 4) is 61.5 Å². The van der Waals surface area contributed by atoms with Crippen LogP contribution in [0.5, 0.6) is 0 Å². The quantitative estimate of drug-likeness (QED) is 0.156. The van der Waals surface area contributed by atoms with E-state index in [2.05, 4.69) is 235 Å². The van der Waals surface area contributed by atoms with Crippen molar-refractivity contribution in [1.82, 2.24) is 14.5 Å². The Balaban J connectivity index is 0.808. The van der Waals surface area contributed by atoms with Gasteiger partial charge in [0.2, 0.25) is 0 Å². The number of nitrogens with zero attached hydrogens (tertiary/aromatic N) is 3. The lowest BCUT2D eigenvalue weighted by atomic mass is 9.95. The van der Waals surface area contributed by atoms with Crippen molar-refractivity contribution in [1.29, 1.82) is 0 Å². The second-order valence-electron chi connectivity index (χ2n) is 16.9. The molecule has 0 aliphatic rings. The maximum absolute atomic E-state index is 5.22. The SMILES string of the molecule is c1cc(-c2ccc(-c3cnc4c5ccccc5c5ccccc5c4n3)cc2)cc(-c2cccc(-c3ccc4c(c3)c3ccccc3n4-c3ccc(-c4cccc5ccccc45)cc3)c2)c1. The molecule has 13 rings (SSSR count). The summed E-state index contributed by atoms with van der Waals surface area (Å²) < 4.78 is 2.40. The molecule has 0 amide bonds. The minimum atomic E-state index is 0.865. The van der Waals surface area contributed by atoms with E-state index >= 15 is 0 Å². The second-order valence-corrected chi connectivity index (χ2v) is 16.9. The summed E-state index contributed by atoms with van der Waals surface area (Å²) in [4.78, 5) is 10.2. The fraction of sp³-hybridized carbons (Fsp3) is 0. The zero-order valence-corrected chi connectivity index (χ0v) is 35.4. The van der Waals surface area contributed by atoms with Gasteiger partial charge in [-0.1, -0.05) is 188 Å². The molecular weight excluding hydrogens is 787 g/mol. The molecule has 0 bridgehead atoms. The summed E-state index contributed by atoms with van der Waals surface area (Å²) in [6.45, 7) is 0. The van der Waals surface area contributed by atoms with Crippen LogP contribution in [0.25, 0.3) is 127 Å². The van der Waals surface area contributed by atoms with Crippen LogP contribution in [0.2, 0.25) is 0 Å². The Morgan fingerprint density at radius 1 is 0.292 bits per heavy atom. The predicted molar refractivity (Wildman–Crippen MR) is 274 cm³/mol. The lowest BCUT2D eigenvalue weighted by Gasteiger charge is -2.12. The molecule has 3 nitrogen and oxygen atoms in total. The first-order chi connectivity index (χ1) is 32.2. The number of hydrogen-bond acceptors (Lipinski definition) is 2. The van der Waals surface area contributed by atoms with E-state index in [1.165, 1.54) is 82.3 Å². The van der Waals surface area contributed by atoms with Crippen LogP contribution in [0, 0.1) is 0 Å². The Morgan fingerprint density at radius 2 is 0.785 bits per heavy atom. The number of aromatic nitrogens is 3. The number of para-hydroxylation sites is 1. The second kappa shape index (κ2) is 15.0. The summed E-state index contributed by atoms with van der Waals surface area (Å²) in [6.07, 6.45) is 1.91. The van der Waals surface area contributed by atoms with Crippen LogP contribution >= 0.6 is 0 Å². The van der Waals surface area contributed by atoms with Gasteiger partial charge in [0.15, 0.2) is 0 Å². The van der Waals surface area contributed by atoms with Crippen molar-refractivity contribution in [2.24, 2.45) is 0 Å². The lowest BCUT2D eigenvalue weighted by Crippen LogP contribution is -1.94. The Morgan fingerprint density at radius 3 is 1.49 bits per heavy atom. The van der Waals surface area contributed by atoms with E-state index in [1.807, 2.05) is 6.20 Å². The highest BCUT2D eigenvalue weighted by molar-refractivity contribution is 6.23. The first kappa shape index (κ1) is 36.9. The molecule has 0 saturated heterocycles. The molecular formula is C62H39N3. The summed E-state index contributed by atoms with van der Waals surface area (Å²) in [7, 11) is 0. The van der Waals surface area contributed by atoms with E-state index in [0.717, 1.165) is 44.3 Å². The number of hydrogen-bond donors (Lipinski definition) is 0. The highest BCUT2D eigenvalue weighted by Crippen LogP contribution is 2.39. The van der Waals surface area contributed by atoms with Crippen LogP contribution in [0.1, 0.15) is 0 Å². The molecule has 302 valence electrons. The molecule has 0 aliphatic carbocycles. The molecule has 0 fully saturated rings. The van der Waals surface area contributed by atoms with E-state index in [4.69, 9.17) is 9.97 Å². The number of rotatable bonds is 6. The molecule has 0 aliphatic heterocycles. The van der Waals surface area contributed by atoms with Crippen molar-refractivity contribution in [3.63, 3.8) is 0 Å². The topological polar surface area (TPSA) is 30.7 Å². The molecule has 0 spiro atoms. The van der Waals surface area contributed by atoms with Gasteiger partial charge >= 0.3 is 0 Å². The van der Waals surface area contributed by atoms with Gasteiger partial charge in [-0.25, -0.2) is 4.98 Å².